The summed E-state index contributed by atoms with van der Waals surface area (Å²) in [5.41, 5.74) is 0.480. The van der Waals surface area contributed by atoms with Gasteiger partial charge in [0.1, 0.15) is 5.82 Å². The number of nitrogens with one attached hydrogen (secondary N) is 2. The Hall–Kier alpha value is -2.74. The molecular weight excluding hydrogens is 347 g/mol. The number of carbonyl (C=O) groups is 1. The third kappa shape index (κ3) is 5.89. The number of amides is 2. The summed E-state index contributed by atoms with van der Waals surface area (Å²) in [5, 5.41) is 5.49. The van der Waals surface area contributed by atoms with Crippen molar-refractivity contribution in [2.45, 2.75) is 13.0 Å². The Morgan fingerprint density at radius 3 is 2.52 bits per heavy atom. The van der Waals surface area contributed by atoms with Crippen LogP contribution in [0.4, 0.5) is 15.1 Å². The highest BCUT2D eigenvalue weighted by atomic mass is 19.1. The molecule has 0 unspecified atom stereocenters. The molecule has 0 bridgehead atoms. The minimum atomic E-state index is -0.308. The lowest BCUT2D eigenvalue weighted by atomic mass is 10.2. The first kappa shape index (κ1) is 19.0. The molecule has 1 saturated heterocycles. The highest BCUT2D eigenvalue weighted by Gasteiger charge is 2.18. The number of urea groups is 1. The number of hydrogen-bond acceptors (Lipinski definition) is 5. The van der Waals surface area contributed by atoms with E-state index in [1.54, 1.807) is 30.6 Å². The average molecular weight is 372 g/mol. The van der Waals surface area contributed by atoms with E-state index in [0.717, 1.165) is 45.1 Å². The predicted octanol–water partition coefficient (Wildman–Crippen LogP) is 1.63. The molecule has 1 fully saturated rings. The molecule has 0 radical (unpaired) electrons. The normalized spacial score (nSPS) is 14.8. The van der Waals surface area contributed by atoms with Gasteiger partial charge in [0.05, 0.1) is 0 Å². The molecule has 0 aliphatic carbocycles. The molecule has 0 atom stereocenters. The molecule has 1 aliphatic heterocycles. The summed E-state index contributed by atoms with van der Waals surface area (Å²) in [6.07, 6.45) is 4.39. The average Bonchev–Trinajstić information content (AvgIpc) is 2.72. The first-order valence-electron chi connectivity index (χ1n) is 9.22. The lowest BCUT2D eigenvalue weighted by molar-refractivity contribution is 0.235. The number of nitrogens with zero attached hydrogens (tertiary/aromatic N) is 4. The van der Waals surface area contributed by atoms with E-state index in [2.05, 4.69) is 30.4 Å². The molecule has 1 aromatic carbocycles. The molecule has 7 nitrogen and oxygen atoms in total. The Bertz CT molecular complexity index is 721. The maximum atomic E-state index is 13.5. The lowest BCUT2D eigenvalue weighted by Crippen LogP contribution is -2.47. The Kier molecular flexibility index (Phi) is 6.92. The number of halogens is 1. The zero-order valence-electron chi connectivity index (χ0n) is 15.3. The number of benzene rings is 1. The van der Waals surface area contributed by atoms with Crippen molar-refractivity contribution < 1.29 is 9.18 Å². The van der Waals surface area contributed by atoms with Gasteiger partial charge >= 0.3 is 6.03 Å². The van der Waals surface area contributed by atoms with E-state index in [4.69, 9.17) is 0 Å². The molecule has 1 aromatic heterocycles. The van der Waals surface area contributed by atoms with Gasteiger partial charge in [-0.1, -0.05) is 18.2 Å². The molecule has 2 amide bonds. The SMILES string of the molecule is O=C(NCCCN1CCN(c2ncccn2)CC1)NCc1ccccc1F. The molecule has 144 valence electrons. The highest BCUT2D eigenvalue weighted by Crippen LogP contribution is 2.09. The van der Waals surface area contributed by atoms with E-state index in [1.165, 1.54) is 6.07 Å². The standard InChI is InChI=1S/C19H25FN6O/c20-17-6-2-1-5-16(17)15-24-19(27)23-9-4-10-25-11-13-26(14-12-25)18-21-7-3-8-22-18/h1-3,5-8H,4,9-15H2,(H2,23,24,27). The lowest BCUT2D eigenvalue weighted by Gasteiger charge is -2.34. The zero-order valence-corrected chi connectivity index (χ0v) is 15.3. The molecule has 0 saturated carbocycles. The quantitative estimate of drug-likeness (QED) is 0.723. The van der Waals surface area contributed by atoms with E-state index in [0.29, 0.717) is 12.1 Å². The molecule has 2 N–H and O–H groups in total. The number of hydrogen-bond donors (Lipinski definition) is 2. The van der Waals surface area contributed by atoms with Gasteiger partial charge in [-0.05, 0) is 25.1 Å². The van der Waals surface area contributed by atoms with Crippen molar-refractivity contribution in [3.05, 3.63) is 54.1 Å². The Labute approximate surface area is 158 Å². The van der Waals surface area contributed by atoms with Crippen LogP contribution in [0.25, 0.3) is 0 Å². The first-order valence-corrected chi connectivity index (χ1v) is 9.22. The second kappa shape index (κ2) is 9.82. The van der Waals surface area contributed by atoms with Crippen molar-refractivity contribution >= 4 is 12.0 Å². The van der Waals surface area contributed by atoms with E-state index in [9.17, 15) is 9.18 Å². The van der Waals surface area contributed by atoms with Crippen LogP contribution >= 0.6 is 0 Å². The maximum Gasteiger partial charge on any atom is 0.315 e. The second-order valence-corrected chi connectivity index (χ2v) is 6.43. The van der Waals surface area contributed by atoms with Gasteiger partial charge in [-0.15, -0.1) is 0 Å². The summed E-state index contributed by atoms with van der Waals surface area (Å²) in [5.74, 6) is 0.475. The molecule has 3 rings (SSSR count). The summed E-state index contributed by atoms with van der Waals surface area (Å²) in [6, 6.07) is 7.98. The van der Waals surface area contributed by atoms with Gasteiger partial charge in [-0.25, -0.2) is 19.2 Å². The van der Waals surface area contributed by atoms with E-state index in [-0.39, 0.29) is 18.4 Å². The van der Waals surface area contributed by atoms with Gasteiger partial charge in [0.2, 0.25) is 5.95 Å². The summed E-state index contributed by atoms with van der Waals surface area (Å²) >= 11 is 0. The van der Waals surface area contributed by atoms with E-state index >= 15 is 0 Å². The fraction of sp³-hybridized carbons (Fsp3) is 0.421. The smallest absolute Gasteiger partial charge is 0.315 e. The van der Waals surface area contributed by atoms with Crippen molar-refractivity contribution in [1.82, 2.24) is 25.5 Å². The molecule has 27 heavy (non-hydrogen) atoms. The van der Waals surface area contributed by atoms with Gasteiger partial charge in [0, 0.05) is 57.2 Å². The summed E-state index contributed by atoms with van der Waals surface area (Å²) in [7, 11) is 0. The van der Waals surface area contributed by atoms with Crippen LogP contribution in [0, 0.1) is 5.82 Å². The Morgan fingerprint density at radius 1 is 1.04 bits per heavy atom. The maximum absolute atomic E-state index is 13.5. The van der Waals surface area contributed by atoms with Gasteiger partial charge in [-0.3, -0.25) is 4.90 Å². The molecule has 0 spiro atoms. The van der Waals surface area contributed by atoms with Gasteiger partial charge < -0.3 is 15.5 Å². The molecule has 2 heterocycles. The Morgan fingerprint density at radius 2 is 1.78 bits per heavy atom. The minimum absolute atomic E-state index is 0.183. The van der Waals surface area contributed by atoms with Crippen molar-refractivity contribution in [3.8, 4) is 0 Å². The molecule has 2 aromatic rings. The van der Waals surface area contributed by atoms with Crippen LogP contribution in [-0.4, -0.2) is 60.2 Å². The summed E-state index contributed by atoms with van der Waals surface area (Å²) in [4.78, 5) is 24.9. The molecule has 8 heteroatoms. The minimum Gasteiger partial charge on any atom is -0.338 e. The van der Waals surface area contributed by atoms with Crippen molar-refractivity contribution in [1.29, 1.82) is 0 Å². The van der Waals surface area contributed by atoms with Crippen LogP contribution in [0.1, 0.15) is 12.0 Å². The number of carbonyl (C=O) groups excluding carboxylic acids is 1. The topological polar surface area (TPSA) is 73.4 Å². The van der Waals surface area contributed by atoms with Crippen LogP contribution in [0.15, 0.2) is 42.7 Å². The fourth-order valence-electron chi connectivity index (χ4n) is 3.01. The summed E-state index contributed by atoms with van der Waals surface area (Å²) in [6.45, 7) is 5.42. The number of aromatic nitrogens is 2. The number of anilines is 1. The fourth-order valence-corrected chi connectivity index (χ4v) is 3.01. The van der Waals surface area contributed by atoms with Gasteiger partial charge in [0.25, 0.3) is 0 Å². The van der Waals surface area contributed by atoms with Gasteiger partial charge in [-0.2, -0.15) is 0 Å². The van der Waals surface area contributed by atoms with Crippen molar-refractivity contribution in [3.63, 3.8) is 0 Å². The summed E-state index contributed by atoms with van der Waals surface area (Å²) < 4.78 is 13.5. The monoisotopic (exact) mass is 372 g/mol. The number of piperazine rings is 1. The number of rotatable bonds is 7. The van der Waals surface area contributed by atoms with Crippen LogP contribution in [0.3, 0.4) is 0 Å². The van der Waals surface area contributed by atoms with Crippen LogP contribution < -0.4 is 15.5 Å². The predicted molar refractivity (Wildman–Crippen MR) is 102 cm³/mol. The third-order valence-corrected chi connectivity index (χ3v) is 4.54. The van der Waals surface area contributed by atoms with Crippen LogP contribution in [0.2, 0.25) is 0 Å². The van der Waals surface area contributed by atoms with Crippen molar-refractivity contribution in [2.24, 2.45) is 0 Å². The van der Waals surface area contributed by atoms with Crippen molar-refractivity contribution in [2.75, 3.05) is 44.2 Å². The molecular formula is C19H25FN6O. The van der Waals surface area contributed by atoms with Crippen LogP contribution in [-0.2, 0) is 6.54 Å². The van der Waals surface area contributed by atoms with E-state index < -0.39 is 0 Å². The Balaban J connectivity index is 1.27. The third-order valence-electron chi connectivity index (χ3n) is 4.54. The zero-order chi connectivity index (χ0) is 18.9. The molecule has 1 aliphatic rings. The van der Waals surface area contributed by atoms with Crippen LogP contribution in [0.5, 0.6) is 0 Å². The second-order valence-electron chi connectivity index (χ2n) is 6.43. The van der Waals surface area contributed by atoms with Gasteiger partial charge in [0.15, 0.2) is 0 Å². The van der Waals surface area contributed by atoms with E-state index in [1.807, 2.05) is 6.07 Å². The first-order chi connectivity index (χ1) is 13.2. The highest BCUT2D eigenvalue weighted by molar-refractivity contribution is 5.73. The largest absolute Gasteiger partial charge is 0.338 e.